The zero-order chi connectivity index (χ0) is 25.3. The van der Waals surface area contributed by atoms with Crippen molar-refractivity contribution in [1.29, 1.82) is 0 Å². The van der Waals surface area contributed by atoms with E-state index in [0.717, 1.165) is 0 Å². The monoisotopic (exact) mass is 540 g/mol. The number of anilines is 1. The Hall–Kier alpha value is -2.52. The third-order valence-electron chi connectivity index (χ3n) is 3.90. The van der Waals surface area contributed by atoms with Crippen molar-refractivity contribution in [3.8, 4) is 5.69 Å². The molecular formula is C16H12Cl2F6N4O4S. The lowest BCUT2D eigenvalue weighted by atomic mass is 10.2. The Morgan fingerprint density at radius 3 is 2.15 bits per heavy atom. The van der Waals surface area contributed by atoms with Gasteiger partial charge in [0, 0.05) is 13.0 Å². The molecule has 0 aliphatic rings. The molecule has 4 N–H and O–H groups in total. The number of hydrogen-bond donors (Lipinski definition) is 3. The van der Waals surface area contributed by atoms with E-state index in [1.165, 1.54) is 0 Å². The molecule has 0 bridgehead atoms. The molecule has 1 amide bonds. The first-order valence-electron chi connectivity index (χ1n) is 8.49. The van der Waals surface area contributed by atoms with Gasteiger partial charge in [0.25, 0.3) is 5.91 Å². The number of carboxylic acids is 1. The lowest BCUT2D eigenvalue weighted by Gasteiger charge is -2.13. The summed E-state index contributed by atoms with van der Waals surface area (Å²) in [6.07, 6.45) is -5.31. The molecule has 0 aliphatic heterocycles. The van der Waals surface area contributed by atoms with Crippen molar-refractivity contribution in [2.24, 2.45) is 0 Å². The predicted octanol–water partition coefficient (Wildman–Crippen LogP) is 4.00. The number of aliphatic carboxylic acids is 1. The molecule has 182 valence electrons. The standard InChI is InChI=1S/C16H12Cl2F6N4O4S/c17-7-4-6(15(19,20)21)5-8(18)11(7)28-13(25)12(33(32)16(22,23)24)10(27-28)14(31)26-3-1-2-9(29)30/h4-5H,1-3,25H2,(H,26,31)(H,29,30). The average Bonchev–Trinajstić information content (AvgIpc) is 2.99. The largest absolute Gasteiger partial charge is 0.481 e. The van der Waals surface area contributed by atoms with E-state index < -0.39 is 72.1 Å². The summed E-state index contributed by atoms with van der Waals surface area (Å²) in [5.41, 5.74) is -2.67. The van der Waals surface area contributed by atoms with Crippen LogP contribution >= 0.6 is 23.2 Å². The van der Waals surface area contributed by atoms with Crippen molar-refractivity contribution in [1.82, 2.24) is 15.1 Å². The Morgan fingerprint density at radius 2 is 1.70 bits per heavy atom. The third kappa shape index (κ3) is 6.09. The van der Waals surface area contributed by atoms with Gasteiger partial charge in [-0.15, -0.1) is 0 Å². The number of benzene rings is 1. The molecule has 0 saturated heterocycles. The highest BCUT2D eigenvalue weighted by atomic mass is 35.5. The second-order valence-corrected chi connectivity index (χ2v) is 8.45. The van der Waals surface area contributed by atoms with Gasteiger partial charge in [-0.2, -0.15) is 31.4 Å². The van der Waals surface area contributed by atoms with Crippen LogP contribution in [0.2, 0.25) is 10.0 Å². The van der Waals surface area contributed by atoms with Gasteiger partial charge in [0.2, 0.25) is 0 Å². The molecular weight excluding hydrogens is 529 g/mol. The number of nitrogens with zero attached hydrogens (tertiary/aromatic N) is 2. The van der Waals surface area contributed by atoms with Gasteiger partial charge in [-0.3, -0.25) is 9.59 Å². The van der Waals surface area contributed by atoms with E-state index in [2.05, 4.69) is 10.4 Å². The third-order valence-corrected chi connectivity index (χ3v) is 5.67. The molecule has 17 heteroatoms. The van der Waals surface area contributed by atoms with Crippen LogP contribution in [0.3, 0.4) is 0 Å². The van der Waals surface area contributed by atoms with Gasteiger partial charge in [-0.1, -0.05) is 23.2 Å². The minimum atomic E-state index is -5.38. The fourth-order valence-corrected chi connectivity index (χ4v) is 3.96. The zero-order valence-corrected chi connectivity index (χ0v) is 18.2. The van der Waals surface area contributed by atoms with Crippen LogP contribution in [0.5, 0.6) is 0 Å². The second kappa shape index (κ2) is 9.77. The minimum absolute atomic E-state index is 0.0917. The Kier molecular flexibility index (Phi) is 7.91. The van der Waals surface area contributed by atoms with Crippen molar-refractivity contribution >= 4 is 51.7 Å². The molecule has 0 aliphatic carbocycles. The molecule has 1 unspecified atom stereocenters. The zero-order valence-electron chi connectivity index (χ0n) is 15.9. The smallest absolute Gasteiger partial charge is 0.476 e. The Balaban J connectivity index is 2.61. The Bertz CT molecular complexity index is 1100. The first kappa shape index (κ1) is 26.7. The number of carbonyl (C=O) groups excluding carboxylic acids is 1. The average molecular weight is 541 g/mol. The first-order chi connectivity index (χ1) is 15.1. The van der Waals surface area contributed by atoms with Gasteiger partial charge in [-0.05, 0) is 18.6 Å². The molecule has 0 fully saturated rings. The van der Waals surface area contributed by atoms with E-state index in [1.54, 1.807) is 0 Å². The molecule has 1 aromatic heterocycles. The number of aromatic nitrogens is 2. The molecule has 8 nitrogen and oxygen atoms in total. The quantitative estimate of drug-likeness (QED) is 0.359. The number of alkyl halides is 6. The fourth-order valence-electron chi connectivity index (χ4n) is 2.49. The number of rotatable bonds is 7. The van der Waals surface area contributed by atoms with E-state index in [1.807, 2.05) is 0 Å². The van der Waals surface area contributed by atoms with E-state index in [0.29, 0.717) is 16.8 Å². The lowest BCUT2D eigenvalue weighted by molar-refractivity contribution is -0.138. The van der Waals surface area contributed by atoms with Gasteiger partial charge in [0.1, 0.15) is 16.4 Å². The molecule has 1 heterocycles. The summed E-state index contributed by atoms with van der Waals surface area (Å²) >= 11 is 11.7. The number of hydrogen-bond acceptors (Lipinski definition) is 5. The van der Waals surface area contributed by atoms with Crippen molar-refractivity contribution in [3.63, 3.8) is 0 Å². The molecule has 0 radical (unpaired) electrons. The maximum absolute atomic E-state index is 13.1. The molecule has 1 aromatic carbocycles. The highest BCUT2D eigenvalue weighted by Gasteiger charge is 2.43. The highest BCUT2D eigenvalue weighted by Crippen LogP contribution is 2.40. The summed E-state index contributed by atoms with van der Waals surface area (Å²) in [6, 6.07) is 0.825. The SMILES string of the molecule is Nc1c(S(=O)C(F)(F)F)c(C(=O)NCCCC(=O)O)nn1-c1c(Cl)cc(C(F)(F)F)cc1Cl. The highest BCUT2D eigenvalue weighted by molar-refractivity contribution is 7.86. The minimum Gasteiger partial charge on any atom is -0.481 e. The first-order valence-corrected chi connectivity index (χ1v) is 10.4. The van der Waals surface area contributed by atoms with Crippen LogP contribution in [-0.4, -0.2) is 43.0 Å². The second-order valence-electron chi connectivity index (χ2n) is 6.23. The predicted molar refractivity (Wildman–Crippen MR) is 105 cm³/mol. The van der Waals surface area contributed by atoms with Crippen LogP contribution in [-0.2, 0) is 21.8 Å². The molecule has 33 heavy (non-hydrogen) atoms. The Labute approximate surface area is 193 Å². The summed E-state index contributed by atoms with van der Waals surface area (Å²) in [6.45, 7) is -0.294. The van der Waals surface area contributed by atoms with Crippen LogP contribution in [0.25, 0.3) is 5.69 Å². The van der Waals surface area contributed by atoms with Crippen LogP contribution in [0.4, 0.5) is 32.2 Å². The summed E-state index contributed by atoms with van der Waals surface area (Å²) < 4.78 is 90.7. The van der Waals surface area contributed by atoms with Crippen LogP contribution in [0.1, 0.15) is 28.9 Å². The molecule has 0 saturated carbocycles. The van der Waals surface area contributed by atoms with Gasteiger partial charge < -0.3 is 16.2 Å². The van der Waals surface area contributed by atoms with E-state index in [4.69, 9.17) is 34.0 Å². The van der Waals surface area contributed by atoms with Crippen LogP contribution < -0.4 is 11.1 Å². The summed E-state index contributed by atoms with van der Waals surface area (Å²) in [7, 11) is -3.87. The normalized spacial score (nSPS) is 13.1. The van der Waals surface area contributed by atoms with E-state index >= 15 is 0 Å². The fraction of sp³-hybridized carbons (Fsp3) is 0.312. The molecule has 0 spiro atoms. The summed E-state index contributed by atoms with van der Waals surface area (Å²) in [4.78, 5) is 21.6. The van der Waals surface area contributed by atoms with Gasteiger partial charge in [-0.25, -0.2) is 8.89 Å². The summed E-state index contributed by atoms with van der Waals surface area (Å²) in [5, 5.41) is 12.8. The van der Waals surface area contributed by atoms with Gasteiger partial charge in [0.05, 0.1) is 15.6 Å². The van der Waals surface area contributed by atoms with E-state index in [-0.39, 0.29) is 19.4 Å². The number of carboxylic acid groups (broad SMARTS) is 1. The number of nitrogens with one attached hydrogen (secondary N) is 1. The van der Waals surface area contributed by atoms with Crippen molar-refractivity contribution in [3.05, 3.63) is 33.4 Å². The van der Waals surface area contributed by atoms with Crippen molar-refractivity contribution < 1.29 is 45.2 Å². The lowest BCUT2D eigenvalue weighted by Crippen LogP contribution is -2.28. The number of nitrogen functional groups attached to an aromatic ring is 1. The maximum Gasteiger partial charge on any atom is 0.476 e. The van der Waals surface area contributed by atoms with Crippen molar-refractivity contribution in [2.45, 2.75) is 29.4 Å². The summed E-state index contributed by atoms with van der Waals surface area (Å²) in [5.74, 6) is -3.49. The topological polar surface area (TPSA) is 127 Å². The number of carbonyl (C=O) groups is 2. The van der Waals surface area contributed by atoms with Gasteiger partial charge >= 0.3 is 17.7 Å². The van der Waals surface area contributed by atoms with Gasteiger partial charge in [0.15, 0.2) is 16.5 Å². The maximum atomic E-state index is 13.1. The van der Waals surface area contributed by atoms with Crippen molar-refractivity contribution in [2.75, 3.05) is 12.3 Å². The molecule has 2 rings (SSSR count). The number of amides is 1. The van der Waals surface area contributed by atoms with Crippen LogP contribution in [0.15, 0.2) is 17.0 Å². The van der Waals surface area contributed by atoms with Crippen LogP contribution in [0, 0.1) is 0 Å². The molecule has 2 aromatic rings. The number of nitrogens with two attached hydrogens (primary N) is 1. The molecule has 1 atom stereocenters. The Morgan fingerprint density at radius 1 is 1.15 bits per heavy atom. The number of halogens is 8. The van der Waals surface area contributed by atoms with E-state index in [9.17, 15) is 40.1 Å².